The minimum absolute atomic E-state index is 0.0656. The molecule has 114 valence electrons. The van der Waals surface area contributed by atoms with Crippen LogP contribution in [0.3, 0.4) is 0 Å². The summed E-state index contributed by atoms with van der Waals surface area (Å²) in [7, 11) is -8.37. The van der Waals surface area contributed by atoms with E-state index in [0.29, 0.717) is 0 Å². The van der Waals surface area contributed by atoms with E-state index >= 15 is 0 Å². The van der Waals surface area contributed by atoms with Gasteiger partial charge in [-0.3, -0.25) is 4.55 Å². The molecule has 0 amide bonds. The first-order chi connectivity index (χ1) is 9.08. The Morgan fingerprint density at radius 1 is 1.30 bits per heavy atom. The standard InChI is InChI=1S/C10H15NO7S2/c1-7(19(13,14)5-4-12)18-9-3-2-8(11)6-10(9)20(15,16)17/h2-3,6-7,12H,4-5,11H2,1H3,(H,15,16,17). The molecule has 8 nitrogen and oxygen atoms in total. The minimum atomic E-state index is -4.61. The zero-order valence-electron chi connectivity index (χ0n) is 10.6. The zero-order valence-corrected chi connectivity index (χ0v) is 12.2. The molecule has 0 aromatic heterocycles. The average molecular weight is 325 g/mol. The molecule has 0 radical (unpaired) electrons. The number of anilines is 1. The summed E-state index contributed by atoms with van der Waals surface area (Å²) in [5.74, 6) is -0.861. The summed E-state index contributed by atoms with van der Waals surface area (Å²) in [4.78, 5) is -0.622. The summed E-state index contributed by atoms with van der Waals surface area (Å²) in [6.07, 6.45) is 0. The molecule has 0 aliphatic rings. The van der Waals surface area contributed by atoms with Crippen molar-refractivity contribution in [1.82, 2.24) is 0 Å². The maximum Gasteiger partial charge on any atom is 0.298 e. The Morgan fingerprint density at radius 3 is 2.40 bits per heavy atom. The SMILES string of the molecule is CC(Oc1ccc(N)cc1S(=O)(=O)O)S(=O)(=O)CCO. The minimum Gasteiger partial charge on any atom is -0.473 e. The first-order valence-corrected chi connectivity index (χ1v) is 8.59. The molecule has 0 heterocycles. The predicted octanol–water partition coefficient (Wildman–Crippen LogP) is -0.353. The van der Waals surface area contributed by atoms with Crippen LogP contribution in [0.25, 0.3) is 0 Å². The summed E-state index contributed by atoms with van der Waals surface area (Å²) in [5, 5.41) is 8.65. The molecular formula is C10H15NO7S2. The van der Waals surface area contributed by atoms with Crippen LogP contribution in [-0.2, 0) is 20.0 Å². The normalized spacial score (nSPS) is 13.9. The Bertz CT molecular complexity index is 682. The van der Waals surface area contributed by atoms with Crippen LogP contribution in [0.5, 0.6) is 5.75 Å². The molecule has 1 rings (SSSR count). The Morgan fingerprint density at radius 2 is 1.90 bits per heavy atom. The lowest BCUT2D eigenvalue weighted by atomic mass is 10.3. The predicted molar refractivity (Wildman–Crippen MR) is 71.6 cm³/mol. The molecule has 20 heavy (non-hydrogen) atoms. The maximum atomic E-state index is 11.6. The van der Waals surface area contributed by atoms with Gasteiger partial charge in [-0.25, -0.2) is 8.42 Å². The highest BCUT2D eigenvalue weighted by atomic mass is 32.2. The number of hydrogen-bond acceptors (Lipinski definition) is 7. The van der Waals surface area contributed by atoms with Crippen LogP contribution < -0.4 is 10.5 Å². The van der Waals surface area contributed by atoms with Gasteiger partial charge < -0.3 is 15.6 Å². The van der Waals surface area contributed by atoms with E-state index in [4.69, 9.17) is 20.1 Å². The van der Waals surface area contributed by atoms with Gasteiger partial charge >= 0.3 is 0 Å². The van der Waals surface area contributed by atoms with Crippen LogP contribution in [0.1, 0.15) is 6.92 Å². The van der Waals surface area contributed by atoms with Crippen molar-refractivity contribution in [2.75, 3.05) is 18.1 Å². The van der Waals surface area contributed by atoms with Crippen molar-refractivity contribution in [1.29, 1.82) is 0 Å². The summed E-state index contributed by atoms with van der Waals surface area (Å²) in [6, 6.07) is 3.40. The third kappa shape index (κ3) is 4.07. The van der Waals surface area contributed by atoms with Gasteiger partial charge in [0.2, 0.25) is 0 Å². The van der Waals surface area contributed by atoms with E-state index in [-0.39, 0.29) is 11.4 Å². The molecular weight excluding hydrogens is 310 g/mol. The summed E-state index contributed by atoms with van der Waals surface area (Å²) >= 11 is 0. The van der Waals surface area contributed by atoms with Crippen molar-refractivity contribution in [3.63, 3.8) is 0 Å². The molecule has 0 spiro atoms. The molecule has 0 bridgehead atoms. The van der Waals surface area contributed by atoms with Gasteiger partial charge in [0.25, 0.3) is 10.1 Å². The highest BCUT2D eigenvalue weighted by molar-refractivity contribution is 7.91. The van der Waals surface area contributed by atoms with Gasteiger partial charge in [0.1, 0.15) is 10.6 Å². The van der Waals surface area contributed by atoms with E-state index in [1.165, 1.54) is 13.0 Å². The van der Waals surface area contributed by atoms with Crippen molar-refractivity contribution < 1.29 is 31.2 Å². The molecule has 1 aromatic rings. The molecule has 0 aliphatic carbocycles. The summed E-state index contributed by atoms with van der Waals surface area (Å²) in [6.45, 7) is 0.609. The van der Waals surface area contributed by atoms with Crippen molar-refractivity contribution in [3.05, 3.63) is 18.2 Å². The third-order valence-electron chi connectivity index (χ3n) is 2.42. The lowest BCUT2D eigenvalue weighted by Gasteiger charge is -2.16. The van der Waals surface area contributed by atoms with E-state index < -0.39 is 42.6 Å². The zero-order chi connectivity index (χ0) is 15.6. The number of sulfone groups is 1. The van der Waals surface area contributed by atoms with Crippen LogP contribution in [-0.4, -0.2) is 44.3 Å². The van der Waals surface area contributed by atoms with Gasteiger partial charge in [0, 0.05) is 5.69 Å². The number of benzene rings is 1. The van der Waals surface area contributed by atoms with Crippen LogP contribution in [0, 0.1) is 0 Å². The molecule has 0 saturated carbocycles. The number of aliphatic hydroxyl groups excluding tert-OH is 1. The Kier molecular flexibility index (Phi) is 4.97. The lowest BCUT2D eigenvalue weighted by Crippen LogP contribution is -2.28. The Labute approximate surface area is 116 Å². The number of ether oxygens (including phenoxy) is 1. The molecule has 10 heteroatoms. The first-order valence-electron chi connectivity index (χ1n) is 5.44. The van der Waals surface area contributed by atoms with Crippen LogP contribution in [0.2, 0.25) is 0 Å². The highest BCUT2D eigenvalue weighted by Gasteiger charge is 2.25. The number of nitrogen functional groups attached to an aromatic ring is 1. The van der Waals surface area contributed by atoms with Crippen molar-refractivity contribution in [3.8, 4) is 5.75 Å². The first kappa shape index (κ1) is 16.7. The Balaban J connectivity index is 3.17. The molecule has 1 aromatic carbocycles. The van der Waals surface area contributed by atoms with Gasteiger partial charge in [-0.05, 0) is 25.1 Å². The molecule has 0 fully saturated rings. The molecule has 0 saturated heterocycles. The number of nitrogens with two attached hydrogens (primary N) is 1. The molecule has 0 aliphatic heterocycles. The molecule has 4 N–H and O–H groups in total. The fraction of sp³-hybridized carbons (Fsp3) is 0.400. The highest BCUT2D eigenvalue weighted by Crippen LogP contribution is 2.27. The number of hydrogen-bond donors (Lipinski definition) is 3. The topological polar surface area (TPSA) is 144 Å². The maximum absolute atomic E-state index is 11.6. The van der Waals surface area contributed by atoms with Gasteiger partial charge in [-0.2, -0.15) is 8.42 Å². The van der Waals surface area contributed by atoms with E-state index in [9.17, 15) is 16.8 Å². The van der Waals surface area contributed by atoms with Crippen molar-refractivity contribution in [2.45, 2.75) is 17.3 Å². The fourth-order valence-corrected chi connectivity index (χ4v) is 2.86. The van der Waals surface area contributed by atoms with Gasteiger partial charge in [0.15, 0.2) is 15.3 Å². The monoisotopic (exact) mass is 325 g/mol. The second-order valence-corrected chi connectivity index (χ2v) is 7.75. The second-order valence-electron chi connectivity index (χ2n) is 3.96. The van der Waals surface area contributed by atoms with Crippen molar-refractivity contribution >= 4 is 25.6 Å². The lowest BCUT2D eigenvalue weighted by molar-refractivity contribution is 0.277. The van der Waals surface area contributed by atoms with Crippen LogP contribution in [0.4, 0.5) is 5.69 Å². The van der Waals surface area contributed by atoms with E-state index in [1.54, 1.807) is 0 Å². The van der Waals surface area contributed by atoms with Gasteiger partial charge in [0.05, 0.1) is 12.4 Å². The van der Waals surface area contributed by atoms with E-state index in [2.05, 4.69) is 0 Å². The quantitative estimate of drug-likeness (QED) is 0.475. The Hall–Kier alpha value is -1.36. The summed E-state index contributed by atoms with van der Waals surface area (Å²) < 4.78 is 59.8. The van der Waals surface area contributed by atoms with Gasteiger partial charge in [-0.15, -0.1) is 0 Å². The second kappa shape index (κ2) is 5.95. The third-order valence-corrected chi connectivity index (χ3v) is 5.15. The van der Waals surface area contributed by atoms with Crippen molar-refractivity contribution in [2.24, 2.45) is 0 Å². The van der Waals surface area contributed by atoms with Crippen LogP contribution in [0.15, 0.2) is 23.1 Å². The number of rotatable bonds is 6. The van der Waals surface area contributed by atoms with Gasteiger partial charge in [-0.1, -0.05) is 0 Å². The van der Waals surface area contributed by atoms with Crippen LogP contribution >= 0.6 is 0 Å². The fourth-order valence-electron chi connectivity index (χ4n) is 1.37. The van der Waals surface area contributed by atoms with E-state index in [1.807, 2.05) is 0 Å². The molecule has 1 atom stereocenters. The number of aliphatic hydroxyl groups is 1. The molecule has 1 unspecified atom stereocenters. The average Bonchev–Trinajstić information content (AvgIpc) is 2.30. The largest absolute Gasteiger partial charge is 0.473 e. The summed E-state index contributed by atoms with van der Waals surface area (Å²) in [5.41, 5.74) is 4.08. The smallest absolute Gasteiger partial charge is 0.298 e. The van der Waals surface area contributed by atoms with E-state index in [0.717, 1.165) is 12.1 Å².